The van der Waals surface area contributed by atoms with Crippen molar-refractivity contribution in [2.24, 2.45) is 5.73 Å². The Morgan fingerprint density at radius 1 is 1.36 bits per heavy atom. The molecule has 144 valence electrons. The van der Waals surface area contributed by atoms with Gasteiger partial charge < -0.3 is 19.8 Å². The molecular formula is C21H20ClN3O3. The van der Waals surface area contributed by atoms with Crippen molar-refractivity contribution >= 4 is 11.6 Å². The molecule has 2 atom stereocenters. The van der Waals surface area contributed by atoms with Crippen LogP contribution in [-0.2, 0) is 11.3 Å². The molecule has 1 saturated heterocycles. The molecule has 2 aliphatic heterocycles. The number of hydrogen-bond acceptors (Lipinski definition) is 5. The monoisotopic (exact) mass is 397 g/mol. The second kappa shape index (κ2) is 7.34. The molecule has 0 amide bonds. The molecule has 2 aromatic rings. The number of nitriles is 1. The largest absolute Gasteiger partial charge is 0.440 e. The molecule has 28 heavy (non-hydrogen) atoms. The van der Waals surface area contributed by atoms with Gasteiger partial charge >= 0.3 is 0 Å². The van der Waals surface area contributed by atoms with E-state index in [1.165, 1.54) is 0 Å². The fourth-order valence-electron chi connectivity index (χ4n) is 3.89. The Kier molecular flexibility index (Phi) is 4.88. The van der Waals surface area contributed by atoms with Gasteiger partial charge in [-0.2, -0.15) is 5.26 Å². The fraction of sp³-hybridized carbons (Fsp3) is 0.333. The number of rotatable bonds is 3. The Hall–Kier alpha value is -2.75. The van der Waals surface area contributed by atoms with Crippen LogP contribution < -0.4 is 16.0 Å². The van der Waals surface area contributed by atoms with Crippen LogP contribution in [0.5, 0.6) is 5.75 Å². The molecule has 0 radical (unpaired) electrons. The first-order valence-electron chi connectivity index (χ1n) is 9.18. The average molecular weight is 398 g/mol. The molecule has 4 rings (SSSR count). The summed E-state index contributed by atoms with van der Waals surface area (Å²) < 4.78 is 13.1. The first kappa shape index (κ1) is 18.6. The molecule has 2 N–H and O–H groups in total. The van der Waals surface area contributed by atoms with Crippen molar-refractivity contribution in [3.63, 3.8) is 0 Å². The van der Waals surface area contributed by atoms with E-state index in [-0.39, 0.29) is 23.1 Å². The highest BCUT2D eigenvalue weighted by molar-refractivity contribution is 6.30. The molecule has 1 aromatic carbocycles. The van der Waals surface area contributed by atoms with Crippen LogP contribution in [-0.4, -0.2) is 17.3 Å². The standard InChI is InChI=1S/C21H20ClN3O3/c1-12-9-17-19(21(26)25(12)11-15-3-2-8-27-15)18(16(10-23)20(24)28-17)13-4-6-14(22)7-5-13/h4-7,9,15,18H,2-3,8,11,24H2,1H3/t15-,18+/m1/s1. The van der Waals surface area contributed by atoms with Gasteiger partial charge in [-0.1, -0.05) is 23.7 Å². The number of nitrogens with zero attached hydrogens (tertiary/aromatic N) is 2. The van der Waals surface area contributed by atoms with E-state index >= 15 is 0 Å². The summed E-state index contributed by atoms with van der Waals surface area (Å²) in [6.45, 7) is 3.06. The molecule has 1 fully saturated rings. The predicted octanol–water partition coefficient (Wildman–Crippen LogP) is 3.21. The van der Waals surface area contributed by atoms with Gasteiger partial charge in [0.2, 0.25) is 5.88 Å². The Balaban J connectivity index is 1.89. The molecule has 3 heterocycles. The first-order chi connectivity index (χ1) is 13.5. The summed E-state index contributed by atoms with van der Waals surface area (Å²) in [5.74, 6) is -0.192. The molecule has 0 aliphatic carbocycles. The summed E-state index contributed by atoms with van der Waals surface area (Å²) in [6, 6.07) is 11.0. The van der Waals surface area contributed by atoms with Gasteiger partial charge in [0.15, 0.2) is 0 Å². The van der Waals surface area contributed by atoms with E-state index in [0.717, 1.165) is 30.7 Å². The van der Waals surface area contributed by atoms with Crippen molar-refractivity contribution < 1.29 is 9.47 Å². The van der Waals surface area contributed by atoms with E-state index in [1.807, 2.05) is 6.92 Å². The van der Waals surface area contributed by atoms with E-state index in [0.29, 0.717) is 22.9 Å². The number of allylic oxidation sites excluding steroid dienone is 1. The van der Waals surface area contributed by atoms with Crippen molar-refractivity contribution in [1.29, 1.82) is 5.26 Å². The lowest BCUT2D eigenvalue weighted by Gasteiger charge is -2.27. The van der Waals surface area contributed by atoms with Gasteiger partial charge in [-0.15, -0.1) is 0 Å². The maximum absolute atomic E-state index is 13.5. The van der Waals surface area contributed by atoms with Crippen molar-refractivity contribution in [3.05, 3.63) is 74.0 Å². The lowest BCUT2D eigenvalue weighted by Crippen LogP contribution is -2.35. The summed E-state index contributed by atoms with van der Waals surface area (Å²) in [4.78, 5) is 13.5. The highest BCUT2D eigenvalue weighted by Gasteiger charge is 2.34. The summed E-state index contributed by atoms with van der Waals surface area (Å²) >= 11 is 6.02. The Morgan fingerprint density at radius 2 is 2.11 bits per heavy atom. The molecule has 0 bridgehead atoms. The Morgan fingerprint density at radius 3 is 2.75 bits per heavy atom. The lowest BCUT2D eigenvalue weighted by atomic mass is 9.84. The number of ether oxygens (including phenoxy) is 2. The number of aryl methyl sites for hydroxylation is 1. The number of benzene rings is 1. The topological polar surface area (TPSA) is 90.3 Å². The van der Waals surface area contributed by atoms with Crippen LogP contribution in [0.4, 0.5) is 0 Å². The highest BCUT2D eigenvalue weighted by atomic mass is 35.5. The molecular weight excluding hydrogens is 378 g/mol. The summed E-state index contributed by atoms with van der Waals surface area (Å²) in [7, 11) is 0. The zero-order valence-corrected chi connectivity index (χ0v) is 16.2. The van der Waals surface area contributed by atoms with E-state index < -0.39 is 5.92 Å². The highest BCUT2D eigenvalue weighted by Crippen LogP contribution is 2.40. The number of hydrogen-bond donors (Lipinski definition) is 1. The zero-order chi connectivity index (χ0) is 19.8. The molecule has 2 aliphatic rings. The third kappa shape index (κ3) is 3.17. The minimum absolute atomic E-state index is 0.0176. The van der Waals surface area contributed by atoms with Gasteiger partial charge in [0, 0.05) is 23.4 Å². The van der Waals surface area contributed by atoms with Crippen molar-refractivity contribution in [2.75, 3.05) is 6.61 Å². The van der Waals surface area contributed by atoms with E-state index in [4.69, 9.17) is 26.8 Å². The van der Waals surface area contributed by atoms with Crippen LogP contribution in [0.25, 0.3) is 0 Å². The van der Waals surface area contributed by atoms with Crippen molar-refractivity contribution in [2.45, 2.75) is 38.3 Å². The number of halogens is 1. The molecule has 7 heteroatoms. The van der Waals surface area contributed by atoms with Crippen molar-refractivity contribution in [3.8, 4) is 11.8 Å². The van der Waals surface area contributed by atoms with Crippen LogP contribution in [0.1, 0.15) is 35.6 Å². The summed E-state index contributed by atoms with van der Waals surface area (Å²) in [5, 5.41) is 10.3. The molecule has 0 unspecified atom stereocenters. The zero-order valence-electron chi connectivity index (χ0n) is 15.4. The van der Waals surface area contributed by atoms with E-state index in [2.05, 4.69) is 6.07 Å². The van der Waals surface area contributed by atoms with E-state index in [1.54, 1.807) is 34.9 Å². The second-order valence-electron chi connectivity index (χ2n) is 7.09. The minimum atomic E-state index is -0.602. The maximum Gasteiger partial charge on any atom is 0.258 e. The number of fused-ring (bicyclic) bond motifs is 1. The second-order valence-corrected chi connectivity index (χ2v) is 7.53. The van der Waals surface area contributed by atoms with Crippen LogP contribution in [0, 0.1) is 18.3 Å². The molecule has 0 saturated carbocycles. The maximum atomic E-state index is 13.5. The fourth-order valence-corrected chi connectivity index (χ4v) is 4.02. The van der Waals surface area contributed by atoms with Crippen molar-refractivity contribution in [1.82, 2.24) is 4.57 Å². The van der Waals surface area contributed by atoms with Crippen LogP contribution in [0.3, 0.4) is 0 Å². The van der Waals surface area contributed by atoms with Gasteiger partial charge in [0.25, 0.3) is 5.56 Å². The normalized spacial score (nSPS) is 21.2. The first-order valence-corrected chi connectivity index (χ1v) is 9.56. The van der Waals surface area contributed by atoms with Crippen LogP contribution in [0.2, 0.25) is 5.02 Å². The molecule has 0 spiro atoms. The van der Waals surface area contributed by atoms with Crippen LogP contribution >= 0.6 is 11.6 Å². The number of pyridine rings is 1. The van der Waals surface area contributed by atoms with Gasteiger partial charge in [-0.3, -0.25) is 4.79 Å². The molecule has 6 nitrogen and oxygen atoms in total. The summed E-state index contributed by atoms with van der Waals surface area (Å²) in [5.41, 5.74) is 7.99. The van der Waals surface area contributed by atoms with E-state index in [9.17, 15) is 10.1 Å². The lowest BCUT2D eigenvalue weighted by molar-refractivity contribution is 0.0955. The van der Waals surface area contributed by atoms with Gasteiger partial charge in [0.05, 0.1) is 24.1 Å². The Labute approximate surface area is 167 Å². The third-order valence-corrected chi connectivity index (χ3v) is 5.56. The number of nitrogens with two attached hydrogens (primary N) is 1. The Bertz CT molecular complexity index is 1040. The number of aromatic nitrogens is 1. The SMILES string of the molecule is Cc1cc2c(c(=O)n1C[C@H]1CCCO1)[C@@H](c1ccc(Cl)cc1)C(C#N)=C(N)O2. The summed E-state index contributed by atoms with van der Waals surface area (Å²) in [6.07, 6.45) is 1.94. The third-order valence-electron chi connectivity index (χ3n) is 5.30. The van der Waals surface area contributed by atoms with Gasteiger partial charge in [-0.25, -0.2) is 0 Å². The molecule has 1 aromatic heterocycles. The average Bonchev–Trinajstić information content (AvgIpc) is 3.18. The van der Waals surface area contributed by atoms with Crippen LogP contribution in [0.15, 0.2) is 46.6 Å². The van der Waals surface area contributed by atoms with Gasteiger partial charge in [0.1, 0.15) is 17.4 Å². The smallest absolute Gasteiger partial charge is 0.258 e. The predicted molar refractivity (Wildman–Crippen MR) is 105 cm³/mol. The quantitative estimate of drug-likeness (QED) is 0.858. The minimum Gasteiger partial charge on any atom is -0.440 e. The van der Waals surface area contributed by atoms with Gasteiger partial charge in [-0.05, 0) is 37.5 Å².